The molecule has 20 heavy (non-hydrogen) atoms. The van der Waals surface area contributed by atoms with E-state index in [1.807, 2.05) is 0 Å². The van der Waals surface area contributed by atoms with Crippen molar-refractivity contribution in [3.63, 3.8) is 0 Å². The zero-order valence-electron chi connectivity index (χ0n) is 10.6. The van der Waals surface area contributed by atoms with Gasteiger partial charge in [0.15, 0.2) is 11.9 Å². The maximum absolute atomic E-state index is 12.0. The number of benzene rings is 1. The van der Waals surface area contributed by atoms with E-state index < -0.39 is 17.0 Å². The van der Waals surface area contributed by atoms with Crippen LogP contribution in [0.5, 0.6) is 5.75 Å². The number of nitrogens with zero attached hydrogens (tertiary/aromatic N) is 2. The van der Waals surface area contributed by atoms with E-state index in [0.29, 0.717) is 5.69 Å². The van der Waals surface area contributed by atoms with Gasteiger partial charge in [-0.15, -0.1) is 0 Å². The quantitative estimate of drug-likeness (QED) is 0.655. The number of carbonyl (C=O) groups excluding carboxylic acids is 1. The van der Waals surface area contributed by atoms with Crippen LogP contribution in [0.2, 0.25) is 0 Å². The Balaban J connectivity index is 2.37. The van der Waals surface area contributed by atoms with Crippen LogP contribution in [0, 0.1) is 10.1 Å². The zero-order chi connectivity index (χ0) is 14.9. The topological polar surface area (TPSA) is 110 Å². The number of hydrogen-bond acceptors (Lipinski definition) is 5. The number of carboxylic acid groups (broad SMARTS) is 1. The van der Waals surface area contributed by atoms with E-state index in [9.17, 15) is 19.7 Å². The fourth-order valence-electron chi connectivity index (χ4n) is 1.95. The highest BCUT2D eigenvalue weighted by molar-refractivity contribution is 6.00. The Bertz CT molecular complexity index is 585. The Morgan fingerprint density at radius 2 is 2.25 bits per heavy atom. The van der Waals surface area contributed by atoms with E-state index in [4.69, 9.17) is 9.84 Å². The second-order valence-corrected chi connectivity index (χ2v) is 4.30. The normalized spacial score (nSPS) is 17.4. The van der Waals surface area contributed by atoms with Crippen molar-refractivity contribution in [3.05, 3.63) is 28.3 Å². The van der Waals surface area contributed by atoms with E-state index >= 15 is 0 Å². The Kier molecular flexibility index (Phi) is 3.55. The van der Waals surface area contributed by atoms with Gasteiger partial charge in [0, 0.05) is 12.6 Å². The van der Waals surface area contributed by atoms with Crippen molar-refractivity contribution in [1.29, 1.82) is 0 Å². The number of anilines is 1. The van der Waals surface area contributed by atoms with E-state index in [1.54, 1.807) is 0 Å². The van der Waals surface area contributed by atoms with Gasteiger partial charge in [0.2, 0.25) is 0 Å². The molecule has 0 radical (unpaired) electrons. The molecule has 1 aromatic carbocycles. The minimum atomic E-state index is -1.03. The van der Waals surface area contributed by atoms with Crippen LogP contribution < -0.4 is 9.64 Å². The van der Waals surface area contributed by atoms with Gasteiger partial charge in [-0.3, -0.25) is 19.7 Å². The molecule has 0 aromatic heterocycles. The number of carboxylic acids is 1. The Labute approximate surface area is 113 Å². The van der Waals surface area contributed by atoms with Crippen LogP contribution in [-0.4, -0.2) is 34.6 Å². The van der Waals surface area contributed by atoms with Crippen LogP contribution in [0.15, 0.2) is 18.2 Å². The predicted octanol–water partition coefficient (Wildman–Crippen LogP) is 1.18. The van der Waals surface area contributed by atoms with Gasteiger partial charge in [-0.1, -0.05) is 0 Å². The van der Waals surface area contributed by atoms with Crippen LogP contribution in [-0.2, 0) is 9.59 Å². The number of nitro benzene ring substituents is 1. The number of non-ortho nitro benzene ring substituents is 1. The lowest BCUT2D eigenvalue weighted by Gasteiger charge is -2.32. The number of rotatable bonds is 4. The first-order valence-corrected chi connectivity index (χ1v) is 5.88. The fourth-order valence-corrected chi connectivity index (χ4v) is 1.95. The van der Waals surface area contributed by atoms with Gasteiger partial charge in [0.1, 0.15) is 0 Å². The molecule has 1 aliphatic heterocycles. The van der Waals surface area contributed by atoms with E-state index in [1.165, 1.54) is 30.0 Å². The predicted molar refractivity (Wildman–Crippen MR) is 67.8 cm³/mol. The van der Waals surface area contributed by atoms with Crippen molar-refractivity contribution >= 4 is 23.3 Å². The number of aliphatic carboxylic acids is 1. The lowest BCUT2D eigenvalue weighted by molar-refractivity contribution is -0.384. The lowest BCUT2D eigenvalue weighted by atomic mass is 10.1. The molecule has 2 rings (SSSR count). The molecule has 1 heterocycles. The Morgan fingerprint density at radius 3 is 2.85 bits per heavy atom. The molecule has 8 heteroatoms. The van der Waals surface area contributed by atoms with Crippen molar-refractivity contribution in [2.24, 2.45) is 0 Å². The van der Waals surface area contributed by atoms with Crippen molar-refractivity contribution in [3.8, 4) is 5.75 Å². The van der Waals surface area contributed by atoms with Crippen molar-refractivity contribution in [2.75, 3.05) is 11.4 Å². The minimum Gasteiger partial charge on any atom is -0.481 e. The molecule has 8 nitrogen and oxygen atoms in total. The number of fused-ring (bicyclic) bond motifs is 1. The maximum Gasteiger partial charge on any atom is 0.305 e. The van der Waals surface area contributed by atoms with Crippen molar-refractivity contribution in [2.45, 2.75) is 19.4 Å². The zero-order valence-corrected chi connectivity index (χ0v) is 10.6. The summed E-state index contributed by atoms with van der Waals surface area (Å²) in [5.41, 5.74) is 0.198. The summed E-state index contributed by atoms with van der Waals surface area (Å²) in [4.78, 5) is 34.1. The minimum absolute atomic E-state index is 0.00726. The van der Waals surface area contributed by atoms with E-state index in [0.717, 1.165) is 0 Å². The summed E-state index contributed by atoms with van der Waals surface area (Å²) in [6.45, 7) is 1.50. The monoisotopic (exact) mass is 280 g/mol. The standard InChI is InChI=1S/C12H12N2O6/c1-7-12(17)13(5-4-11(15)16)9-3-2-8(14(18)19)6-10(9)20-7/h2-3,6-7H,4-5H2,1H3,(H,15,16). The summed E-state index contributed by atoms with van der Waals surface area (Å²) >= 11 is 0. The van der Waals surface area contributed by atoms with E-state index in [2.05, 4.69) is 0 Å². The highest BCUT2D eigenvalue weighted by atomic mass is 16.6. The van der Waals surface area contributed by atoms with Crippen LogP contribution in [0.25, 0.3) is 0 Å². The molecule has 0 saturated heterocycles. The van der Waals surface area contributed by atoms with Crippen LogP contribution in [0.1, 0.15) is 13.3 Å². The molecule has 1 aliphatic rings. The van der Waals surface area contributed by atoms with Crippen molar-refractivity contribution < 1.29 is 24.4 Å². The van der Waals surface area contributed by atoms with Crippen LogP contribution >= 0.6 is 0 Å². The van der Waals surface area contributed by atoms with Gasteiger partial charge in [-0.25, -0.2) is 0 Å². The molecule has 0 spiro atoms. The molecule has 1 aromatic rings. The summed E-state index contributed by atoms with van der Waals surface area (Å²) in [6, 6.07) is 3.87. The molecule has 1 atom stereocenters. The molecular weight excluding hydrogens is 268 g/mol. The highest BCUT2D eigenvalue weighted by Gasteiger charge is 2.32. The summed E-state index contributed by atoms with van der Waals surface area (Å²) in [5, 5.41) is 19.4. The number of hydrogen-bond donors (Lipinski definition) is 1. The average Bonchev–Trinajstić information content (AvgIpc) is 2.38. The van der Waals surface area contributed by atoms with E-state index in [-0.39, 0.29) is 30.3 Å². The smallest absolute Gasteiger partial charge is 0.305 e. The molecule has 0 saturated carbocycles. The molecule has 0 bridgehead atoms. The first-order valence-electron chi connectivity index (χ1n) is 5.88. The molecule has 1 N–H and O–H groups in total. The van der Waals surface area contributed by atoms with Gasteiger partial charge >= 0.3 is 5.97 Å². The molecule has 0 aliphatic carbocycles. The summed E-state index contributed by atoms with van der Waals surface area (Å²) in [5.74, 6) is -1.19. The van der Waals surface area contributed by atoms with Crippen molar-refractivity contribution in [1.82, 2.24) is 0 Å². The van der Waals surface area contributed by atoms with Gasteiger partial charge in [-0.2, -0.15) is 0 Å². The fraction of sp³-hybridized carbons (Fsp3) is 0.333. The van der Waals surface area contributed by atoms with Crippen LogP contribution in [0.4, 0.5) is 11.4 Å². The summed E-state index contributed by atoms with van der Waals surface area (Å²) < 4.78 is 5.33. The first-order chi connectivity index (χ1) is 9.40. The number of carbonyl (C=O) groups is 2. The Hall–Kier alpha value is -2.64. The first kappa shape index (κ1) is 13.8. The SMILES string of the molecule is CC1Oc2cc([N+](=O)[O-])ccc2N(CCC(=O)O)C1=O. The largest absolute Gasteiger partial charge is 0.481 e. The third kappa shape index (κ3) is 2.53. The second kappa shape index (κ2) is 5.16. The van der Waals surface area contributed by atoms with Gasteiger partial charge in [0.05, 0.1) is 23.1 Å². The molecule has 1 unspecified atom stereocenters. The molecule has 0 fully saturated rings. The van der Waals surface area contributed by atoms with Gasteiger partial charge in [-0.05, 0) is 13.0 Å². The summed E-state index contributed by atoms with van der Waals surface area (Å²) in [6.07, 6.45) is -1.02. The van der Waals surface area contributed by atoms with Gasteiger partial charge in [0.25, 0.3) is 11.6 Å². The maximum atomic E-state index is 12.0. The highest BCUT2D eigenvalue weighted by Crippen LogP contribution is 2.36. The third-order valence-electron chi connectivity index (χ3n) is 2.91. The lowest BCUT2D eigenvalue weighted by Crippen LogP contribution is -2.45. The molecular formula is C12H12N2O6. The number of ether oxygens (including phenoxy) is 1. The number of amides is 1. The molecule has 106 valence electrons. The van der Waals surface area contributed by atoms with Crippen LogP contribution in [0.3, 0.4) is 0 Å². The Morgan fingerprint density at radius 1 is 1.55 bits per heavy atom. The van der Waals surface area contributed by atoms with Gasteiger partial charge < -0.3 is 14.7 Å². The molecule has 1 amide bonds. The second-order valence-electron chi connectivity index (χ2n) is 4.30. The number of nitro groups is 1. The average molecular weight is 280 g/mol. The summed E-state index contributed by atoms with van der Waals surface area (Å²) in [7, 11) is 0. The third-order valence-corrected chi connectivity index (χ3v) is 2.91.